The average molecular weight is 517 g/mol. The lowest BCUT2D eigenvalue weighted by atomic mass is 9.78. The summed E-state index contributed by atoms with van der Waals surface area (Å²) >= 11 is -2.01. The van der Waals surface area contributed by atoms with Crippen LogP contribution < -0.4 is 8.37 Å². The van der Waals surface area contributed by atoms with Crippen molar-refractivity contribution in [1.82, 2.24) is 0 Å². The van der Waals surface area contributed by atoms with Crippen LogP contribution in [0.4, 0.5) is 0 Å². The smallest absolute Gasteiger partial charge is 0.370 e. The first-order valence-corrected chi connectivity index (χ1v) is 14.0. The number of allylic oxidation sites excluding steroid dienone is 2. The fourth-order valence-electron chi connectivity index (χ4n) is 5.47. The predicted molar refractivity (Wildman–Crippen MR) is 155 cm³/mol. The predicted octanol–water partition coefficient (Wildman–Crippen LogP) is 6.54. The third kappa shape index (κ3) is 5.29. The van der Waals surface area contributed by atoms with Crippen LogP contribution >= 0.6 is 0 Å². The molecule has 0 fully saturated rings. The fourth-order valence-corrected chi connectivity index (χ4v) is 6.13. The Hall–Kier alpha value is -4.09. The Balaban J connectivity index is 1.80. The SMILES string of the molecule is CC#CC#C/C=C/c1cc2c(c3c1OS(=O)Oc1c(/C=C/C#CC#CC)cc4c(c1-3)CCCC4)CCCC2. The largest absolute Gasteiger partial charge is 0.417 e. The molecule has 0 bridgehead atoms. The molecule has 188 valence electrons. The van der Waals surface area contributed by atoms with Crippen LogP contribution in [0.3, 0.4) is 0 Å². The summed E-state index contributed by atoms with van der Waals surface area (Å²) < 4.78 is 25.3. The lowest BCUT2D eigenvalue weighted by Crippen LogP contribution is -2.10. The Morgan fingerprint density at radius 3 is 1.58 bits per heavy atom. The van der Waals surface area contributed by atoms with E-state index >= 15 is 0 Å². The second-order valence-corrected chi connectivity index (χ2v) is 10.1. The maximum Gasteiger partial charge on any atom is 0.417 e. The molecule has 0 aromatic heterocycles. The molecule has 0 unspecified atom stereocenters. The van der Waals surface area contributed by atoms with Gasteiger partial charge in [-0.25, -0.2) is 0 Å². The van der Waals surface area contributed by atoms with Crippen LogP contribution in [-0.4, -0.2) is 4.21 Å². The number of rotatable bonds is 2. The Kier molecular flexibility index (Phi) is 8.05. The van der Waals surface area contributed by atoms with E-state index < -0.39 is 11.4 Å². The van der Waals surface area contributed by atoms with Gasteiger partial charge in [0.05, 0.1) is 0 Å². The van der Waals surface area contributed by atoms with Crippen molar-refractivity contribution in [2.75, 3.05) is 0 Å². The van der Waals surface area contributed by atoms with Gasteiger partial charge >= 0.3 is 11.4 Å². The van der Waals surface area contributed by atoms with Crippen molar-refractivity contribution in [2.45, 2.75) is 65.2 Å². The lowest BCUT2D eigenvalue weighted by molar-refractivity contribution is 0.467. The molecule has 4 heteroatoms. The Morgan fingerprint density at radius 2 is 1.13 bits per heavy atom. The number of hydrogen-bond donors (Lipinski definition) is 0. The van der Waals surface area contributed by atoms with Crippen LogP contribution in [0.1, 0.15) is 72.9 Å². The summed E-state index contributed by atoms with van der Waals surface area (Å²) in [7, 11) is 0. The minimum atomic E-state index is -2.01. The van der Waals surface area contributed by atoms with Gasteiger partial charge in [0, 0.05) is 22.3 Å². The zero-order chi connectivity index (χ0) is 26.3. The summed E-state index contributed by atoms with van der Waals surface area (Å²) in [6, 6.07) is 4.33. The molecule has 0 atom stereocenters. The molecular weight excluding hydrogens is 488 g/mol. The average Bonchev–Trinajstić information content (AvgIpc) is 3.09. The summed E-state index contributed by atoms with van der Waals surface area (Å²) in [5.74, 6) is 23.9. The van der Waals surface area contributed by atoms with E-state index in [1.165, 1.54) is 22.3 Å². The molecule has 0 amide bonds. The van der Waals surface area contributed by atoms with Gasteiger partial charge < -0.3 is 8.37 Å². The van der Waals surface area contributed by atoms with Crippen molar-refractivity contribution in [1.29, 1.82) is 0 Å². The second-order valence-electron chi connectivity index (χ2n) is 9.36. The molecule has 3 nitrogen and oxygen atoms in total. The molecule has 38 heavy (non-hydrogen) atoms. The van der Waals surface area contributed by atoms with Crippen molar-refractivity contribution in [2.24, 2.45) is 0 Å². The highest BCUT2D eigenvalue weighted by atomic mass is 32.2. The summed E-state index contributed by atoms with van der Waals surface area (Å²) in [4.78, 5) is 0. The van der Waals surface area contributed by atoms with Gasteiger partial charge in [-0.05, 0) is 148 Å². The van der Waals surface area contributed by atoms with Crippen LogP contribution in [-0.2, 0) is 37.0 Å². The zero-order valence-electron chi connectivity index (χ0n) is 21.8. The fraction of sp³-hybridized carbons (Fsp3) is 0.294. The molecule has 0 saturated carbocycles. The Bertz CT molecular complexity index is 1500. The lowest BCUT2D eigenvalue weighted by Gasteiger charge is -2.26. The van der Waals surface area contributed by atoms with E-state index in [0.717, 1.165) is 73.6 Å². The van der Waals surface area contributed by atoms with E-state index in [9.17, 15) is 4.21 Å². The van der Waals surface area contributed by atoms with E-state index in [1.807, 2.05) is 12.2 Å². The van der Waals surface area contributed by atoms with Crippen LogP contribution in [0.25, 0.3) is 23.3 Å². The molecule has 0 spiro atoms. The van der Waals surface area contributed by atoms with Crippen molar-refractivity contribution < 1.29 is 12.6 Å². The molecule has 0 N–H and O–H groups in total. The molecule has 0 saturated heterocycles. The molecule has 1 aliphatic heterocycles. The third-order valence-electron chi connectivity index (χ3n) is 7.03. The highest BCUT2D eigenvalue weighted by molar-refractivity contribution is 7.76. The minimum Gasteiger partial charge on any atom is -0.370 e. The summed E-state index contributed by atoms with van der Waals surface area (Å²) in [5, 5.41) is 0. The third-order valence-corrected chi connectivity index (χ3v) is 7.63. The minimum absolute atomic E-state index is 0.606. The molecule has 2 aromatic rings. The normalized spacial score (nSPS) is 15.2. The van der Waals surface area contributed by atoms with Crippen LogP contribution in [0, 0.1) is 47.4 Å². The van der Waals surface area contributed by atoms with Gasteiger partial charge in [-0.2, -0.15) is 4.21 Å². The maximum atomic E-state index is 13.2. The molecule has 2 aliphatic carbocycles. The summed E-state index contributed by atoms with van der Waals surface area (Å²) in [5.41, 5.74) is 8.96. The summed E-state index contributed by atoms with van der Waals surface area (Å²) in [6.07, 6.45) is 15.9. The van der Waals surface area contributed by atoms with Crippen molar-refractivity contribution in [3.8, 4) is 70.0 Å². The molecule has 2 aromatic carbocycles. The van der Waals surface area contributed by atoms with Crippen LogP contribution in [0.2, 0.25) is 0 Å². The van der Waals surface area contributed by atoms with Gasteiger partial charge in [0.2, 0.25) is 0 Å². The topological polar surface area (TPSA) is 35.5 Å². The van der Waals surface area contributed by atoms with Gasteiger partial charge in [0.25, 0.3) is 0 Å². The van der Waals surface area contributed by atoms with E-state index in [0.29, 0.717) is 11.5 Å². The highest BCUT2D eigenvalue weighted by Gasteiger charge is 2.33. The first-order valence-electron chi connectivity index (χ1n) is 13.0. The highest BCUT2D eigenvalue weighted by Crippen LogP contribution is 2.51. The van der Waals surface area contributed by atoms with Crippen LogP contribution in [0.5, 0.6) is 11.5 Å². The van der Waals surface area contributed by atoms with E-state index in [2.05, 4.69) is 59.5 Å². The molecule has 3 aliphatic rings. The van der Waals surface area contributed by atoms with Crippen LogP contribution in [0.15, 0.2) is 24.3 Å². The number of hydrogen-bond acceptors (Lipinski definition) is 3. The second kappa shape index (κ2) is 12.0. The van der Waals surface area contributed by atoms with Gasteiger partial charge in [0.15, 0.2) is 11.5 Å². The van der Waals surface area contributed by atoms with Gasteiger partial charge in [-0.15, -0.1) is 0 Å². The van der Waals surface area contributed by atoms with E-state index in [-0.39, 0.29) is 0 Å². The maximum absolute atomic E-state index is 13.2. The number of aryl methyl sites for hydroxylation is 2. The Morgan fingerprint density at radius 1 is 0.684 bits per heavy atom. The zero-order valence-corrected chi connectivity index (χ0v) is 22.6. The molecular formula is C34H28O3S. The molecule has 5 rings (SSSR count). The van der Waals surface area contributed by atoms with E-state index in [1.54, 1.807) is 26.0 Å². The first kappa shape index (κ1) is 25.6. The van der Waals surface area contributed by atoms with E-state index in [4.69, 9.17) is 8.37 Å². The molecule has 0 radical (unpaired) electrons. The van der Waals surface area contributed by atoms with Gasteiger partial charge in [-0.1, -0.05) is 23.7 Å². The van der Waals surface area contributed by atoms with Gasteiger partial charge in [0.1, 0.15) is 0 Å². The Labute approximate surface area is 228 Å². The van der Waals surface area contributed by atoms with Crippen molar-refractivity contribution in [3.63, 3.8) is 0 Å². The van der Waals surface area contributed by atoms with Crippen molar-refractivity contribution in [3.05, 3.63) is 57.7 Å². The standard InChI is InChI=1S/C34H28O3S/c1-3-5-7-9-11-19-27-23-25-17-13-15-21-29(25)31-32-30-22-16-14-18-26(30)24-28(20-12-10-8-6-4-2)34(32)37-38(35)36-33(27)31/h11-12,19-20,23-24H,13-18,21-22H2,1-2H3/b19-11+,20-12+. The molecule has 1 heterocycles. The quantitative estimate of drug-likeness (QED) is 0.425. The number of benzene rings is 2. The van der Waals surface area contributed by atoms with Gasteiger partial charge in [-0.3, -0.25) is 0 Å². The monoisotopic (exact) mass is 516 g/mol. The number of fused-ring (bicyclic) bond motifs is 7. The summed E-state index contributed by atoms with van der Waals surface area (Å²) in [6.45, 7) is 3.52. The van der Waals surface area contributed by atoms with Crippen molar-refractivity contribution >= 4 is 23.5 Å². The first-order chi connectivity index (χ1) is 18.7.